The molecule has 1 aromatic heterocycles. The summed E-state index contributed by atoms with van der Waals surface area (Å²) in [5, 5.41) is 13.6. The van der Waals surface area contributed by atoms with Gasteiger partial charge in [-0.1, -0.05) is 23.7 Å². The number of halogens is 1. The van der Waals surface area contributed by atoms with Crippen LogP contribution in [0, 0.1) is 0 Å². The van der Waals surface area contributed by atoms with Crippen LogP contribution in [0.4, 0.5) is 0 Å². The second-order valence-electron chi connectivity index (χ2n) is 4.58. The van der Waals surface area contributed by atoms with E-state index in [1.807, 2.05) is 24.3 Å². The summed E-state index contributed by atoms with van der Waals surface area (Å²) >= 11 is 5.91. The highest BCUT2D eigenvalue weighted by Gasteiger charge is 2.04. The number of aromatic nitrogens is 2. The van der Waals surface area contributed by atoms with Gasteiger partial charge in [0.15, 0.2) is 0 Å². The molecule has 3 rings (SSSR count). The van der Waals surface area contributed by atoms with Gasteiger partial charge in [0.25, 0.3) is 0 Å². The summed E-state index contributed by atoms with van der Waals surface area (Å²) in [5.74, 6) is 1.11. The Kier molecular flexibility index (Phi) is 3.58. The number of aromatic amines is 1. The fourth-order valence-electron chi connectivity index (χ4n) is 2.10. The molecule has 3 aromatic rings. The first-order valence-corrected chi connectivity index (χ1v) is 6.72. The molecule has 3 N–H and O–H groups in total. The van der Waals surface area contributed by atoms with E-state index in [-0.39, 0.29) is 5.75 Å². The minimum absolute atomic E-state index is 0.242. The predicted molar refractivity (Wildman–Crippen MR) is 79.8 cm³/mol. The van der Waals surface area contributed by atoms with Gasteiger partial charge in [-0.3, -0.25) is 0 Å². The molecule has 0 atom stereocenters. The number of imidazole rings is 1. The molecule has 0 bridgehead atoms. The Hall–Kier alpha value is -2.04. The summed E-state index contributed by atoms with van der Waals surface area (Å²) in [4.78, 5) is 7.72. The average Bonchev–Trinajstić information content (AvgIpc) is 2.85. The quantitative estimate of drug-likeness (QED) is 0.690. The predicted octanol–water partition coefficient (Wildman–Crippen LogP) is 3.21. The van der Waals surface area contributed by atoms with Crippen molar-refractivity contribution in [3.63, 3.8) is 0 Å². The maximum atomic E-state index is 9.72. The number of hydrogen-bond acceptors (Lipinski definition) is 3. The summed E-state index contributed by atoms with van der Waals surface area (Å²) in [6, 6.07) is 12.9. The van der Waals surface area contributed by atoms with E-state index in [1.165, 1.54) is 0 Å². The molecule has 0 aliphatic heterocycles. The third-order valence-corrected chi connectivity index (χ3v) is 3.32. The van der Waals surface area contributed by atoms with Crippen molar-refractivity contribution >= 4 is 22.6 Å². The molecule has 2 aromatic carbocycles. The van der Waals surface area contributed by atoms with E-state index in [0.29, 0.717) is 18.1 Å². The highest BCUT2D eigenvalue weighted by molar-refractivity contribution is 6.30. The molecule has 0 fully saturated rings. The van der Waals surface area contributed by atoms with Crippen molar-refractivity contribution in [1.29, 1.82) is 0 Å². The number of phenols is 1. The topological polar surface area (TPSA) is 60.9 Å². The van der Waals surface area contributed by atoms with Gasteiger partial charge >= 0.3 is 0 Å². The summed E-state index contributed by atoms with van der Waals surface area (Å²) in [7, 11) is 0. The van der Waals surface area contributed by atoms with Crippen molar-refractivity contribution in [3.05, 3.63) is 58.9 Å². The number of H-pyrrole nitrogens is 1. The molecule has 0 aliphatic rings. The van der Waals surface area contributed by atoms with Crippen LogP contribution in [0.3, 0.4) is 0 Å². The van der Waals surface area contributed by atoms with Crippen LogP contribution in [0.25, 0.3) is 11.0 Å². The molecule has 102 valence electrons. The minimum Gasteiger partial charge on any atom is -0.508 e. The minimum atomic E-state index is 0.242. The summed E-state index contributed by atoms with van der Waals surface area (Å²) < 4.78 is 0. The molecule has 0 saturated heterocycles. The summed E-state index contributed by atoms with van der Waals surface area (Å²) in [6.07, 6.45) is 0. The van der Waals surface area contributed by atoms with E-state index in [4.69, 9.17) is 11.6 Å². The van der Waals surface area contributed by atoms with Crippen LogP contribution in [0.15, 0.2) is 42.5 Å². The summed E-state index contributed by atoms with van der Waals surface area (Å²) in [6.45, 7) is 1.13. The van der Waals surface area contributed by atoms with Crippen LogP contribution in [-0.2, 0) is 13.1 Å². The Morgan fingerprint density at radius 2 is 2.00 bits per heavy atom. The fourth-order valence-corrected chi connectivity index (χ4v) is 2.30. The third-order valence-electron chi connectivity index (χ3n) is 3.09. The van der Waals surface area contributed by atoms with E-state index in [1.54, 1.807) is 18.2 Å². The first kappa shape index (κ1) is 13.0. The van der Waals surface area contributed by atoms with Crippen LogP contribution < -0.4 is 5.32 Å². The van der Waals surface area contributed by atoms with E-state index >= 15 is 0 Å². The van der Waals surface area contributed by atoms with Gasteiger partial charge in [0.2, 0.25) is 0 Å². The van der Waals surface area contributed by atoms with Crippen LogP contribution >= 0.6 is 11.6 Å². The van der Waals surface area contributed by atoms with Crippen LogP contribution in [0.1, 0.15) is 11.4 Å². The molecular formula is C15H14ClN3O. The molecule has 0 unspecified atom stereocenters. The Bertz CT molecular complexity index is 706. The second kappa shape index (κ2) is 5.53. The van der Waals surface area contributed by atoms with Crippen molar-refractivity contribution in [2.75, 3.05) is 0 Å². The lowest BCUT2D eigenvalue weighted by Gasteiger charge is -2.06. The van der Waals surface area contributed by atoms with Gasteiger partial charge in [-0.05, 0) is 30.3 Å². The molecule has 20 heavy (non-hydrogen) atoms. The molecule has 5 heteroatoms. The Morgan fingerprint density at radius 1 is 1.15 bits per heavy atom. The van der Waals surface area contributed by atoms with Gasteiger partial charge in [0, 0.05) is 17.1 Å². The lowest BCUT2D eigenvalue weighted by atomic mass is 10.2. The van der Waals surface area contributed by atoms with E-state index in [9.17, 15) is 5.11 Å². The van der Waals surface area contributed by atoms with Crippen LogP contribution in [0.5, 0.6) is 5.75 Å². The molecule has 0 amide bonds. The van der Waals surface area contributed by atoms with Crippen molar-refractivity contribution < 1.29 is 5.11 Å². The Balaban J connectivity index is 1.66. The standard InChI is InChI=1S/C15H14ClN3O/c16-11-5-6-14(20)10(7-11)8-17-9-15-18-12-3-1-2-4-13(12)19-15/h1-7,17,20H,8-9H2,(H,18,19). The number of para-hydroxylation sites is 2. The van der Waals surface area contributed by atoms with Gasteiger partial charge in [0.1, 0.15) is 11.6 Å². The maximum Gasteiger partial charge on any atom is 0.121 e. The smallest absolute Gasteiger partial charge is 0.121 e. The van der Waals surface area contributed by atoms with Gasteiger partial charge < -0.3 is 15.4 Å². The maximum absolute atomic E-state index is 9.72. The number of nitrogens with zero attached hydrogens (tertiary/aromatic N) is 1. The Morgan fingerprint density at radius 3 is 2.85 bits per heavy atom. The highest BCUT2D eigenvalue weighted by atomic mass is 35.5. The first-order valence-electron chi connectivity index (χ1n) is 6.34. The molecule has 0 radical (unpaired) electrons. The molecular weight excluding hydrogens is 274 g/mol. The zero-order valence-corrected chi connectivity index (χ0v) is 11.5. The van der Waals surface area contributed by atoms with Crippen molar-refractivity contribution in [2.24, 2.45) is 0 Å². The monoisotopic (exact) mass is 287 g/mol. The second-order valence-corrected chi connectivity index (χ2v) is 5.01. The van der Waals surface area contributed by atoms with Crippen LogP contribution in [0.2, 0.25) is 5.02 Å². The number of benzene rings is 2. The van der Waals surface area contributed by atoms with E-state index in [2.05, 4.69) is 15.3 Å². The normalized spacial score (nSPS) is 11.1. The lowest BCUT2D eigenvalue weighted by molar-refractivity contribution is 0.464. The van der Waals surface area contributed by atoms with Crippen molar-refractivity contribution in [1.82, 2.24) is 15.3 Å². The van der Waals surface area contributed by atoms with E-state index < -0.39 is 0 Å². The highest BCUT2D eigenvalue weighted by Crippen LogP contribution is 2.21. The van der Waals surface area contributed by atoms with E-state index in [0.717, 1.165) is 22.4 Å². The SMILES string of the molecule is Oc1ccc(Cl)cc1CNCc1nc2ccccc2[nH]1. The molecule has 1 heterocycles. The average molecular weight is 288 g/mol. The van der Waals surface area contributed by atoms with Gasteiger partial charge in [-0.25, -0.2) is 4.98 Å². The lowest BCUT2D eigenvalue weighted by Crippen LogP contribution is -2.13. The molecule has 4 nitrogen and oxygen atoms in total. The fraction of sp³-hybridized carbons (Fsp3) is 0.133. The zero-order valence-electron chi connectivity index (χ0n) is 10.7. The van der Waals surface area contributed by atoms with Gasteiger partial charge in [0.05, 0.1) is 17.6 Å². The van der Waals surface area contributed by atoms with Crippen LogP contribution in [-0.4, -0.2) is 15.1 Å². The zero-order chi connectivity index (χ0) is 13.9. The van der Waals surface area contributed by atoms with Gasteiger partial charge in [-0.2, -0.15) is 0 Å². The largest absolute Gasteiger partial charge is 0.508 e. The molecule has 0 aliphatic carbocycles. The van der Waals surface area contributed by atoms with Crippen molar-refractivity contribution in [2.45, 2.75) is 13.1 Å². The molecule has 0 saturated carbocycles. The molecule has 0 spiro atoms. The summed E-state index contributed by atoms with van der Waals surface area (Å²) in [5.41, 5.74) is 2.75. The number of phenolic OH excluding ortho intramolecular Hbond substituents is 1. The number of fused-ring (bicyclic) bond motifs is 1. The van der Waals surface area contributed by atoms with Gasteiger partial charge in [-0.15, -0.1) is 0 Å². The number of rotatable bonds is 4. The number of hydrogen-bond donors (Lipinski definition) is 3. The Labute approximate surface area is 121 Å². The number of nitrogens with one attached hydrogen (secondary N) is 2. The third kappa shape index (κ3) is 2.76. The number of aromatic hydroxyl groups is 1. The van der Waals surface area contributed by atoms with Crippen molar-refractivity contribution in [3.8, 4) is 5.75 Å². The first-order chi connectivity index (χ1) is 9.72.